The summed E-state index contributed by atoms with van der Waals surface area (Å²) in [7, 11) is 0. The van der Waals surface area contributed by atoms with Crippen molar-refractivity contribution in [3.05, 3.63) is 36.2 Å². The van der Waals surface area contributed by atoms with Gasteiger partial charge in [0.15, 0.2) is 5.82 Å². The van der Waals surface area contributed by atoms with Crippen molar-refractivity contribution in [1.82, 2.24) is 25.5 Å². The first-order valence-electron chi connectivity index (χ1n) is 8.04. The highest BCUT2D eigenvalue weighted by atomic mass is 16.1. The van der Waals surface area contributed by atoms with E-state index in [0.717, 1.165) is 24.9 Å². The molecule has 7 heteroatoms. The van der Waals surface area contributed by atoms with E-state index in [0.29, 0.717) is 12.2 Å². The summed E-state index contributed by atoms with van der Waals surface area (Å²) in [5.74, 6) is 0.898. The van der Waals surface area contributed by atoms with Gasteiger partial charge in [-0.2, -0.15) is 4.68 Å². The van der Waals surface area contributed by atoms with Gasteiger partial charge in [-0.15, -0.1) is 5.10 Å². The molecule has 0 saturated heterocycles. The first kappa shape index (κ1) is 15.6. The van der Waals surface area contributed by atoms with Crippen LogP contribution in [0.3, 0.4) is 0 Å². The van der Waals surface area contributed by atoms with Crippen LogP contribution in [0.4, 0.5) is 0 Å². The van der Waals surface area contributed by atoms with Gasteiger partial charge in [0.2, 0.25) is 5.91 Å². The van der Waals surface area contributed by atoms with Crippen molar-refractivity contribution in [3.63, 3.8) is 0 Å². The number of nitrogens with zero attached hydrogens (tertiary/aromatic N) is 4. The molecule has 23 heavy (non-hydrogen) atoms. The standard InChI is InChI=1S/C16H22N6O/c1-11(18-15(23)10-12-6-5-9-14(12)17)16-19-20-21-22(16)13-7-3-2-4-8-13/h2-4,7-8,11-12,14H,5-6,9-10,17H2,1H3,(H,18,23)/t11?,12-,14+/m0/s1. The minimum atomic E-state index is -0.268. The predicted octanol–water partition coefficient (Wildman–Crippen LogP) is 1.36. The molecule has 0 radical (unpaired) electrons. The van der Waals surface area contributed by atoms with E-state index in [-0.39, 0.29) is 23.9 Å². The Hall–Kier alpha value is -2.28. The molecule has 1 aliphatic rings. The molecule has 1 amide bonds. The Labute approximate surface area is 135 Å². The maximum absolute atomic E-state index is 12.3. The highest BCUT2D eigenvalue weighted by Crippen LogP contribution is 2.27. The van der Waals surface area contributed by atoms with Gasteiger partial charge in [-0.05, 0) is 48.2 Å². The molecule has 1 unspecified atom stereocenters. The van der Waals surface area contributed by atoms with Gasteiger partial charge in [-0.3, -0.25) is 4.79 Å². The lowest BCUT2D eigenvalue weighted by Gasteiger charge is -2.17. The summed E-state index contributed by atoms with van der Waals surface area (Å²) < 4.78 is 1.65. The number of hydrogen-bond acceptors (Lipinski definition) is 5. The van der Waals surface area contributed by atoms with Gasteiger partial charge >= 0.3 is 0 Å². The third-order valence-electron chi connectivity index (χ3n) is 4.42. The van der Waals surface area contributed by atoms with E-state index in [1.54, 1.807) is 4.68 Å². The van der Waals surface area contributed by atoms with Crippen LogP contribution in [-0.4, -0.2) is 32.2 Å². The summed E-state index contributed by atoms with van der Waals surface area (Å²) in [5.41, 5.74) is 6.90. The molecule has 1 saturated carbocycles. The molecular formula is C16H22N6O. The summed E-state index contributed by atoms with van der Waals surface area (Å²) in [6, 6.07) is 9.50. The zero-order valence-electron chi connectivity index (χ0n) is 13.2. The minimum Gasteiger partial charge on any atom is -0.346 e. The van der Waals surface area contributed by atoms with Crippen LogP contribution in [0.1, 0.15) is 44.5 Å². The Kier molecular flexibility index (Phi) is 4.66. The van der Waals surface area contributed by atoms with Gasteiger partial charge < -0.3 is 11.1 Å². The molecule has 3 atom stereocenters. The molecule has 3 N–H and O–H groups in total. The van der Waals surface area contributed by atoms with Gasteiger partial charge in [0.25, 0.3) is 0 Å². The summed E-state index contributed by atoms with van der Waals surface area (Å²) in [4.78, 5) is 12.3. The lowest BCUT2D eigenvalue weighted by molar-refractivity contribution is -0.122. The number of para-hydroxylation sites is 1. The molecule has 3 rings (SSSR count). The lowest BCUT2D eigenvalue weighted by atomic mass is 10.00. The second kappa shape index (κ2) is 6.87. The zero-order chi connectivity index (χ0) is 16.2. The molecule has 0 spiro atoms. The largest absolute Gasteiger partial charge is 0.346 e. The highest BCUT2D eigenvalue weighted by molar-refractivity contribution is 5.76. The van der Waals surface area contributed by atoms with E-state index in [4.69, 9.17) is 5.73 Å². The molecule has 7 nitrogen and oxygen atoms in total. The van der Waals surface area contributed by atoms with Gasteiger partial charge in [0.05, 0.1) is 11.7 Å². The number of nitrogens with one attached hydrogen (secondary N) is 1. The summed E-state index contributed by atoms with van der Waals surface area (Å²) >= 11 is 0. The number of benzene rings is 1. The fourth-order valence-corrected chi connectivity index (χ4v) is 3.14. The average Bonchev–Trinajstić information content (AvgIpc) is 3.18. The van der Waals surface area contributed by atoms with E-state index in [1.165, 1.54) is 0 Å². The van der Waals surface area contributed by atoms with Crippen molar-refractivity contribution in [2.75, 3.05) is 0 Å². The van der Waals surface area contributed by atoms with Crippen LogP contribution < -0.4 is 11.1 Å². The Morgan fingerprint density at radius 3 is 2.87 bits per heavy atom. The van der Waals surface area contributed by atoms with E-state index in [2.05, 4.69) is 20.8 Å². The molecule has 0 bridgehead atoms. The second-order valence-corrected chi connectivity index (χ2v) is 6.13. The SMILES string of the molecule is CC(NC(=O)C[C@@H]1CCC[C@H]1N)c1nnnn1-c1ccccc1. The molecule has 1 aliphatic carbocycles. The molecule has 2 aromatic rings. The number of hydrogen-bond donors (Lipinski definition) is 2. The minimum absolute atomic E-state index is 0.00228. The molecule has 1 aromatic heterocycles. The average molecular weight is 314 g/mol. The quantitative estimate of drug-likeness (QED) is 0.868. The Morgan fingerprint density at radius 2 is 2.17 bits per heavy atom. The number of nitrogens with two attached hydrogens (primary N) is 1. The van der Waals surface area contributed by atoms with Gasteiger partial charge in [-0.25, -0.2) is 0 Å². The number of aromatic nitrogens is 4. The molecule has 1 heterocycles. The summed E-state index contributed by atoms with van der Waals surface area (Å²) in [5, 5.41) is 14.8. The third kappa shape index (κ3) is 3.56. The van der Waals surface area contributed by atoms with Gasteiger partial charge in [0, 0.05) is 12.5 Å². The van der Waals surface area contributed by atoms with Crippen LogP contribution in [0, 0.1) is 5.92 Å². The number of carbonyl (C=O) groups is 1. The van der Waals surface area contributed by atoms with Crippen molar-refractivity contribution in [2.24, 2.45) is 11.7 Å². The number of tetrazole rings is 1. The van der Waals surface area contributed by atoms with Crippen LogP contribution in [0.25, 0.3) is 5.69 Å². The number of rotatable bonds is 5. The van der Waals surface area contributed by atoms with E-state index in [1.807, 2.05) is 37.3 Å². The van der Waals surface area contributed by atoms with Crippen molar-refractivity contribution < 1.29 is 4.79 Å². The summed E-state index contributed by atoms with van der Waals surface area (Å²) in [6.07, 6.45) is 3.63. The molecule has 1 aromatic carbocycles. The maximum atomic E-state index is 12.3. The smallest absolute Gasteiger partial charge is 0.220 e. The first-order chi connectivity index (χ1) is 11.1. The number of carbonyl (C=O) groups excluding carboxylic acids is 1. The fraction of sp³-hybridized carbons (Fsp3) is 0.500. The second-order valence-electron chi connectivity index (χ2n) is 6.13. The fourth-order valence-electron chi connectivity index (χ4n) is 3.14. The van der Waals surface area contributed by atoms with E-state index >= 15 is 0 Å². The summed E-state index contributed by atoms with van der Waals surface area (Å²) in [6.45, 7) is 1.89. The Balaban J connectivity index is 1.66. The molecular weight excluding hydrogens is 292 g/mol. The van der Waals surface area contributed by atoms with Crippen LogP contribution in [0.15, 0.2) is 30.3 Å². The topological polar surface area (TPSA) is 98.7 Å². The molecule has 122 valence electrons. The van der Waals surface area contributed by atoms with Crippen LogP contribution in [-0.2, 0) is 4.79 Å². The monoisotopic (exact) mass is 314 g/mol. The Morgan fingerprint density at radius 1 is 1.39 bits per heavy atom. The lowest BCUT2D eigenvalue weighted by Crippen LogP contribution is -2.33. The van der Waals surface area contributed by atoms with Crippen molar-refractivity contribution in [3.8, 4) is 5.69 Å². The molecule has 1 fully saturated rings. The predicted molar refractivity (Wildman–Crippen MR) is 85.6 cm³/mol. The normalized spacial score (nSPS) is 22.0. The zero-order valence-corrected chi connectivity index (χ0v) is 13.2. The molecule has 0 aliphatic heterocycles. The first-order valence-corrected chi connectivity index (χ1v) is 8.04. The highest BCUT2D eigenvalue weighted by Gasteiger charge is 2.27. The Bertz CT molecular complexity index is 656. The van der Waals surface area contributed by atoms with E-state index in [9.17, 15) is 4.79 Å². The van der Waals surface area contributed by atoms with Crippen LogP contribution >= 0.6 is 0 Å². The van der Waals surface area contributed by atoms with Crippen LogP contribution in [0.5, 0.6) is 0 Å². The third-order valence-corrected chi connectivity index (χ3v) is 4.42. The maximum Gasteiger partial charge on any atom is 0.220 e. The van der Waals surface area contributed by atoms with Crippen LogP contribution in [0.2, 0.25) is 0 Å². The van der Waals surface area contributed by atoms with E-state index < -0.39 is 0 Å². The van der Waals surface area contributed by atoms with Gasteiger partial charge in [-0.1, -0.05) is 24.6 Å². The van der Waals surface area contributed by atoms with Crippen molar-refractivity contribution in [1.29, 1.82) is 0 Å². The van der Waals surface area contributed by atoms with Crippen molar-refractivity contribution >= 4 is 5.91 Å². The number of amides is 1. The van der Waals surface area contributed by atoms with Gasteiger partial charge in [0.1, 0.15) is 0 Å². The van der Waals surface area contributed by atoms with Crippen molar-refractivity contribution in [2.45, 2.75) is 44.7 Å².